The quantitative estimate of drug-likeness (QED) is 0.887. The predicted octanol–water partition coefficient (Wildman–Crippen LogP) is 4.67. The average molecular weight is 330 g/mol. The van der Waals surface area contributed by atoms with Gasteiger partial charge in [0, 0.05) is 23.5 Å². The topological polar surface area (TPSA) is 32.3 Å². The van der Waals surface area contributed by atoms with Gasteiger partial charge in [0.2, 0.25) is 0 Å². The highest BCUT2D eigenvalue weighted by Gasteiger charge is 2.32. The fraction of sp³-hybridized carbons (Fsp3) is 0.278. The Kier molecular flexibility index (Phi) is 4.86. The number of urea groups is 1. The first-order valence-corrected chi connectivity index (χ1v) is 8.77. The second-order valence-electron chi connectivity index (χ2n) is 5.38. The SMILES string of the molecule is CCc1ccccc1NC(=O)N1CCS[C@@H]1c1ccccc1F. The first-order valence-electron chi connectivity index (χ1n) is 7.72. The van der Waals surface area contributed by atoms with Crippen molar-refractivity contribution in [2.45, 2.75) is 18.7 Å². The van der Waals surface area contributed by atoms with Crippen LogP contribution in [-0.2, 0) is 6.42 Å². The van der Waals surface area contributed by atoms with E-state index < -0.39 is 0 Å². The van der Waals surface area contributed by atoms with Crippen LogP contribution in [0.4, 0.5) is 14.9 Å². The molecule has 1 saturated heterocycles. The molecule has 1 heterocycles. The molecule has 1 N–H and O–H groups in total. The van der Waals surface area contributed by atoms with E-state index in [2.05, 4.69) is 12.2 Å². The third-order valence-corrected chi connectivity index (χ3v) is 5.21. The second kappa shape index (κ2) is 7.04. The van der Waals surface area contributed by atoms with Gasteiger partial charge >= 0.3 is 6.03 Å². The van der Waals surface area contributed by atoms with Crippen LogP contribution in [0.15, 0.2) is 48.5 Å². The van der Waals surface area contributed by atoms with Gasteiger partial charge in [-0.05, 0) is 24.1 Å². The van der Waals surface area contributed by atoms with Crippen LogP contribution in [-0.4, -0.2) is 23.2 Å². The molecule has 0 bridgehead atoms. The van der Waals surface area contributed by atoms with Gasteiger partial charge in [0.05, 0.1) is 0 Å². The molecule has 1 fully saturated rings. The molecule has 1 aliphatic rings. The fourth-order valence-electron chi connectivity index (χ4n) is 2.75. The number of nitrogens with one attached hydrogen (secondary N) is 1. The maximum atomic E-state index is 14.1. The minimum Gasteiger partial charge on any atom is -0.308 e. The zero-order valence-electron chi connectivity index (χ0n) is 13.0. The number of halogens is 1. The van der Waals surface area contributed by atoms with Crippen molar-refractivity contribution in [2.24, 2.45) is 0 Å². The van der Waals surface area contributed by atoms with Crippen LogP contribution in [0.5, 0.6) is 0 Å². The number of benzene rings is 2. The van der Waals surface area contributed by atoms with Crippen molar-refractivity contribution in [1.82, 2.24) is 4.90 Å². The van der Waals surface area contributed by atoms with Crippen LogP contribution >= 0.6 is 11.8 Å². The summed E-state index contributed by atoms with van der Waals surface area (Å²) in [6, 6.07) is 14.3. The van der Waals surface area contributed by atoms with Crippen molar-refractivity contribution in [3.63, 3.8) is 0 Å². The van der Waals surface area contributed by atoms with Crippen molar-refractivity contribution in [1.29, 1.82) is 0 Å². The average Bonchev–Trinajstić information content (AvgIpc) is 3.05. The smallest absolute Gasteiger partial charge is 0.308 e. The number of rotatable bonds is 3. The molecule has 2 aromatic rings. The van der Waals surface area contributed by atoms with Crippen LogP contribution in [0, 0.1) is 5.82 Å². The Morgan fingerprint density at radius 2 is 2.00 bits per heavy atom. The fourth-order valence-corrected chi connectivity index (χ4v) is 4.03. The highest BCUT2D eigenvalue weighted by Crippen LogP contribution is 2.39. The molecular formula is C18H19FN2OS. The Morgan fingerprint density at radius 3 is 2.78 bits per heavy atom. The molecule has 0 radical (unpaired) electrons. The van der Waals surface area contributed by atoms with Crippen molar-refractivity contribution < 1.29 is 9.18 Å². The first-order chi connectivity index (χ1) is 11.2. The lowest BCUT2D eigenvalue weighted by Gasteiger charge is -2.25. The summed E-state index contributed by atoms with van der Waals surface area (Å²) in [6.07, 6.45) is 0.849. The number of amides is 2. The maximum Gasteiger partial charge on any atom is 0.323 e. The summed E-state index contributed by atoms with van der Waals surface area (Å²) in [4.78, 5) is 14.4. The number of anilines is 1. The molecule has 120 valence electrons. The van der Waals surface area contributed by atoms with Crippen LogP contribution < -0.4 is 5.32 Å². The summed E-state index contributed by atoms with van der Waals surface area (Å²) in [6.45, 7) is 2.67. The second-order valence-corrected chi connectivity index (χ2v) is 6.57. The van der Waals surface area contributed by atoms with Crippen molar-refractivity contribution in [2.75, 3.05) is 17.6 Å². The summed E-state index contributed by atoms with van der Waals surface area (Å²) in [5.74, 6) is 0.542. The molecule has 5 heteroatoms. The largest absolute Gasteiger partial charge is 0.323 e. The van der Waals surface area contributed by atoms with E-state index in [1.807, 2.05) is 24.3 Å². The van der Waals surface area contributed by atoms with Crippen molar-refractivity contribution >= 4 is 23.5 Å². The minimum absolute atomic E-state index is 0.177. The Labute approximate surface area is 139 Å². The van der Waals surface area contributed by atoms with E-state index in [0.717, 1.165) is 23.4 Å². The van der Waals surface area contributed by atoms with E-state index in [9.17, 15) is 9.18 Å². The van der Waals surface area contributed by atoms with E-state index in [1.54, 1.807) is 34.9 Å². The molecule has 1 aliphatic heterocycles. The number of nitrogens with zero attached hydrogens (tertiary/aromatic N) is 1. The minimum atomic E-state index is -0.273. The van der Waals surface area contributed by atoms with E-state index in [4.69, 9.17) is 0 Å². The highest BCUT2D eigenvalue weighted by molar-refractivity contribution is 7.99. The van der Waals surface area contributed by atoms with Crippen molar-refractivity contribution in [3.05, 3.63) is 65.5 Å². The zero-order valence-corrected chi connectivity index (χ0v) is 13.8. The van der Waals surface area contributed by atoms with Gasteiger partial charge in [0.15, 0.2) is 0 Å². The molecule has 2 amide bonds. The third-order valence-electron chi connectivity index (χ3n) is 3.96. The van der Waals surface area contributed by atoms with E-state index in [-0.39, 0.29) is 17.2 Å². The van der Waals surface area contributed by atoms with Gasteiger partial charge in [-0.25, -0.2) is 9.18 Å². The molecule has 0 saturated carbocycles. The van der Waals surface area contributed by atoms with Gasteiger partial charge < -0.3 is 10.2 Å². The normalized spacial score (nSPS) is 17.3. The number of hydrogen-bond acceptors (Lipinski definition) is 2. The van der Waals surface area contributed by atoms with Gasteiger partial charge in [-0.3, -0.25) is 0 Å². The summed E-state index contributed by atoms with van der Waals surface area (Å²) in [5, 5.41) is 2.70. The highest BCUT2D eigenvalue weighted by atomic mass is 32.2. The summed E-state index contributed by atoms with van der Waals surface area (Å²) in [7, 11) is 0. The molecule has 0 aromatic heterocycles. The van der Waals surface area contributed by atoms with Gasteiger partial charge in [-0.15, -0.1) is 11.8 Å². The van der Waals surface area contributed by atoms with Gasteiger partial charge in [0.1, 0.15) is 11.2 Å². The maximum absolute atomic E-state index is 14.1. The zero-order chi connectivity index (χ0) is 16.2. The molecule has 1 atom stereocenters. The Balaban J connectivity index is 1.80. The lowest BCUT2D eigenvalue weighted by Crippen LogP contribution is -2.34. The number of thioether (sulfide) groups is 1. The van der Waals surface area contributed by atoms with Crippen LogP contribution in [0.1, 0.15) is 23.4 Å². The molecule has 23 heavy (non-hydrogen) atoms. The molecular weight excluding hydrogens is 311 g/mol. The van der Waals surface area contributed by atoms with E-state index >= 15 is 0 Å². The van der Waals surface area contributed by atoms with E-state index in [0.29, 0.717) is 12.1 Å². The molecule has 3 nitrogen and oxygen atoms in total. The molecule has 3 rings (SSSR count). The first kappa shape index (κ1) is 15.9. The number of aryl methyl sites for hydroxylation is 1. The van der Waals surface area contributed by atoms with Gasteiger partial charge in [0.25, 0.3) is 0 Å². The Hall–Kier alpha value is -2.01. The number of carbonyl (C=O) groups is 1. The molecule has 2 aromatic carbocycles. The number of para-hydroxylation sites is 1. The van der Waals surface area contributed by atoms with E-state index in [1.165, 1.54) is 6.07 Å². The van der Waals surface area contributed by atoms with Crippen LogP contribution in [0.25, 0.3) is 0 Å². The van der Waals surface area contributed by atoms with Crippen molar-refractivity contribution in [3.8, 4) is 0 Å². The van der Waals surface area contributed by atoms with Crippen LogP contribution in [0.2, 0.25) is 0 Å². The molecule has 0 unspecified atom stereocenters. The summed E-state index contributed by atoms with van der Waals surface area (Å²) < 4.78 is 14.1. The molecule has 0 aliphatic carbocycles. The Morgan fingerprint density at radius 1 is 1.26 bits per heavy atom. The lowest BCUT2D eigenvalue weighted by molar-refractivity contribution is 0.213. The predicted molar refractivity (Wildman–Crippen MR) is 93.1 cm³/mol. The monoisotopic (exact) mass is 330 g/mol. The summed E-state index contributed by atoms with van der Waals surface area (Å²) >= 11 is 1.59. The third kappa shape index (κ3) is 3.34. The number of carbonyl (C=O) groups excluding carboxylic acids is 1. The Bertz CT molecular complexity index is 707. The van der Waals surface area contributed by atoms with Gasteiger partial charge in [-0.2, -0.15) is 0 Å². The standard InChI is InChI=1S/C18H19FN2OS/c1-2-13-7-3-6-10-16(13)20-18(22)21-11-12-23-17(21)14-8-4-5-9-15(14)19/h3-10,17H,2,11-12H2,1H3,(H,20,22)/t17-/m1/s1. The van der Waals surface area contributed by atoms with Gasteiger partial charge in [-0.1, -0.05) is 43.3 Å². The molecule has 0 spiro atoms. The number of hydrogen-bond donors (Lipinski definition) is 1. The lowest BCUT2D eigenvalue weighted by atomic mass is 10.1. The summed E-state index contributed by atoms with van der Waals surface area (Å²) in [5.41, 5.74) is 2.48. The van der Waals surface area contributed by atoms with Crippen LogP contribution in [0.3, 0.4) is 0 Å².